The highest BCUT2D eigenvalue weighted by molar-refractivity contribution is 9.10. The van der Waals surface area contributed by atoms with Gasteiger partial charge in [-0.2, -0.15) is 10.4 Å². The Kier molecular flexibility index (Phi) is 2.49. The maximum Gasteiger partial charge on any atom is 0.166 e. The van der Waals surface area contributed by atoms with E-state index in [4.69, 9.17) is 5.26 Å². The zero-order valence-electron chi connectivity index (χ0n) is 9.15. The Hall–Kier alpha value is -1.60. The average molecular weight is 288 g/mol. The fourth-order valence-electron chi connectivity index (χ4n) is 2.35. The van der Waals surface area contributed by atoms with Gasteiger partial charge in [-0.3, -0.25) is 0 Å². The molecule has 1 aliphatic carbocycles. The van der Waals surface area contributed by atoms with Crippen molar-refractivity contribution in [1.29, 1.82) is 5.26 Å². The number of rotatable bonds is 1. The highest BCUT2D eigenvalue weighted by Gasteiger charge is 2.23. The number of aromatic nitrogens is 2. The van der Waals surface area contributed by atoms with Crippen molar-refractivity contribution in [3.63, 3.8) is 0 Å². The first kappa shape index (κ1) is 10.5. The van der Waals surface area contributed by atoms with E-state index in [1.165, 1.54) is 5.69 Å². The molecular formula is C13H10BrN3. The lowest BCUT2D eigenvalue weighted by Gasteiger charge is -2.07. The molecule has 0 fully saturated rings. The summed E-state index contributed by atoms with van der Waals surface area (Å²) < 4.78 is 2.91. The van der Waals surface area contributed by atoms with E-state index in [0.29, 0.717) is 5.69 Å². The molecule has 0 bridgehead atoms. The minimum absolute atomic E-state index is 0.577. The van der Waals surface area contributed by atoms with Gasteiger partial charge >= 0.3 is 0 Å². The normalized spacial score (nSPS) is 13.4. The Bertz CT molecular complexity index is 622. The fraction of sp³-hybridized carbons (Fsp3) is 0.231. The molecule has 0 N–H and O–H groups in total. The van der Waals surface area contributed by atoms with Crippen LogP contribution in [0.5, 0.6) is 0 Å². The van der Waals surface area contributed by atoms with Crippen LogP contribution in [-0.4, -0.2) is 9.78 Å². The first-order valence-electron chi connectivity index (χ1n) is 5.57. The number of para-hydroxylation sites is 1. The van der Waals surface area contributed by atoms with Gasteiger partial charge in [-0.1, -0.05) is 12.1 Å². The third kappa shape index (κ3) is 1.58. The lowest BCUT2D eigenvalue weighted by atomic mass is 10.2. The van der Waals surface area contributed by atoms with E-state index in [2.05, 4.69) is 27.1 Å². The molecular weight excluding hydrogens is 278 g/mol. The van der Waals surface area contributed by atoms with Crippen LogP contribution in [0.1, 0.15) is 23.4 Å². The number of halogens is 1. The summed E-state index contributed by atoms with van der Waals surface area (Å²) >= 11 is 3.53. The first-order valence-corrected chi connectivity index (χ1v) is 6.36. The van der Waals surface area contributed by atoms with Gasteiger partial charge in [0.15, 0.2) is 5.69 Å². The third-order valence-electron chi connectivity index (χ3n) is 3.12. The number of hydrogen-bond acceptors (Lipinski definition) is 2. The molecule has 4 heteroatoms. The zero-order valence-corrected chi connectivity index (χ0v) is 10.7. The quantitative estimate of drug-likeness (QED) is 0.809. The molecule has 0 atom stereocenters. The molecule has 0 radical (unpaired) electrons. The van der Waals surface area contributed by atoms with Crippen molar-refractivity contribution >= 4 is 15.9 Å². The Morgan fingerprint density at radius 3 is 2.88 bits per heavy atom. The number of benzene rings is 1. The predicted octanol–water partition coefficient (Wildman–Crippen LogP) is 3.00. The standard InChI is InChI=1S/C13H10BrN3/c14-10-5-1-2-6-13(10)17-12-7-3-4-9(12)11(8-15)16-17/h1-2,5-6H,3-4,7H2. The monoisotopic (exact) mass is 287 g/mol. The molecule has 1 aromatic heterocycles. The van der Waals surface area contributed by atoms with Crippen LogP contribution in [0.2, 0.25) is 0 Å². The van der Waals surface area contributed by atoms with Gasteiger partial charge in [0.1, 0.15) is 6.07 Å². The van der Waals surface area contributed by atoms with E-state index >= 15 is 0 Å². The van der Waals surface area contributed by atoms with Crippen LogP contribution in [0.4, 0.5) is 0 Å². The van der Waals surface area contributed by atoms with Crippen molar-refractivity contribution in [1.82, 2.24) is 9.78 Å². The van der Waals surface area contributed by atoms with Crippen LogP contribution < -0.4 is 0 Å². The summed E-state index contributed by atoms with van der Waals surface area (Å²) in [5, 5.41) is 13.5. The minimum atomic E-state index is 0.577. The van der Waals surface area contributed by atoms with Crippen molar-refractivity contribution in [2.45, 2.75) is 19.3 Å². The largest absolute Gasteiger partial charge is 0.235 e. The van der Waals surface area contributed by atoms with Gasteiger partial charge in [0, 0.05) is 15.7 Å². The van der Waals surface area contributed by atoms with Crippen molar-refractivity contribution in [3.05, 3.63) is 45.7 Å². The third-order valence-corrected chi connectivity index (χ3v) is 3.79. The van der Waals surface area contributed by atoms with Crippen LogP contribution in [0.25, 0.3) is 5.69 Å². The second-order valence-electron chi connectivity index (χ2n) is 4.10. The van der Waals surface area contributed by atoms with Crippen LogP contribution in [0.3, 0.4) is 0 Å². The Balaban J connectivity index is 2.24. The van der Waals surface area contributed by atoms with Crippen molar-refractivity contribution in [3.8, 4) is 11.8 Å². The van der Waals surface area contributed by atoms with Gasteiger partial charge in [0.25, 0.3) is 0 Å². The van der Waals surface area contributed by atoms with Gasteiger partial charge in [0.2, 0.25) is 0 Å². The van der Waals surface area contributed by atoms with E-state index in [-0.39, 0.29) is 0 Å². The Morgan fingerprint density at radius 2 is 2.12 bits per heavy atom. The lowest BCUT2D eigenvalue weighted by molar-refractivity contribution is 0.778. The number of fused-ring (bicyclic) bond motifs is 1. The molecule has 3 nitrogen and oxygen atoms in total. The summed E-state index contributed by atoms with van der Waals surface area (Å²) in [6.45, 7) is 0. The van der Waals surface area contributed by atoms with E-state index < -0.39 is 0 Å². The molecule has 17 heavy (non-hydrogen) atoms. The topological polar surface area (TPSA) is 41.6 Å². The summed E-state index contributed by atoms with van der Waals surface area (Å²) in [7, 11) is 0. The molecule has 0 saturated heterocycles. The lowest BCUT2D eigenvalue weighted by Crippen LogP contribution is -2.02. The van der Waals surface area contributed by atoms with Crippen LogP contribution >= 0.6 is 15.9 Å². The SMILES string of the molecule is N#Cc1nn(-c2ccccc2Br)c2c1CCC2. The molecule has 0 unspecified atom stereocenters. The molecule has 1 aliphatic rings. The van der Waals surface area contributed by atoms with E-state index in [1.807, 2.05) is 28.9 Å². The molecule has 1 heterocycles. The molecule has 0 amide bonds. The van der Waals surface area contributed by atoms with Crippen LogP contribution in [-0.2, 0) is 12.8 Å². The predicted molar refractivity (Wildman–Crippen MR) is 68.0 cm³/mol. The smallest absolute Gasteiger partial charge is 0.166 e. The molecule has 84 valence electrons. The van der Waals surface area contributed by atoms with Gasteiger partial charge < -0.3 is 0 Å². The number of nitrogens with zero attached hydrogens (tertiary/aromatic N) is 3. The summed E-state index contributed by atoms with van der Waals surface area (Å²) in [4.78, 5) is 0. The fourth-order valence-corrected chi connectivity index (χ4v) is 2.80. The second kappa shape index (κ2) is 4.01. The number of hydrogen-bond donors (Lipinski definition) is 0. The van der Waals surface area contributed by atoms with Gasteiger partial charge in [-0.25, -0.2) is 4.68 Å². The van der Waals surface area contributed by atoms with Gasteiger partial charge in [-0.15, -0.1) is 0 Å². The summed E-state index contributed by atoms with van der Waals surface area (Å²) in [5.41, 5.74) is 3.90. The van der Waals surface area contributed by atoms with Gasteiger partial charge in [-0.05, 0) is 47.3 Å². The van der Waals surface area contributed by atoms with Gasteiger partial charge in [0.05, 0.1) is 5.69 Å². The highest BCUT2D eigenvalue weighted by atomic mass is 79.9. The molecule has 0 spiro atoms. The average Bonchev–Trinajstić information content (AvgIpc) is 2.91. The van der Waals surface area contributed by atoms with E-state index in [0.717, 1.165) is 35.0 Å². The maximum absolute atomic E-state index is 9.09. The molecule has 0 saturated carbocycles. The van der Waals surface area contributed by atoms with Crippen molar-refractivity contribution in [2.24, 2.45) is 0 Å². The Labute approximate surface area is 108 Å². The van der Waals surface area contributed by atoms with E-state index in [1.54, 1.807) is 0 Å². The van der Waals surface area contributed by atoms with Crippen LogP contribution in [0.15, 0.2) is 28.7 Å². The first-order chi connectivity index (χ1) is 8.31. The molecule has 3 rings (SSSR count). The maximum atomic E-state index is 9.09. The second-order valence-corrected chi connectivity index (χ2v) is 4.96. The summed E-state index contributed by atoms with van der Waals surface area (Å²) in [6, 6.07) is 10.1. The summed E-state index contributed by atoms with van der Waals surface area (Å²) in [5.74, 6) is 0. The number of nitriles is 1. The minimum Gasteiger partial charge on any atom is -0.235 e. The summed E-state index contributed by atoms with van der Waals surface area (Å²) in [6.07, 6.45) is 3.10. The Morgan fingerprint density at radius 1 is 1.29 bits per heavy atom. The molecule has 1 aromatic carbocycles. The zero-order chi connectivity index (χ0) is 11.8. The highest BCUT2D eigenvalue weighted by Crippen LogP contribution is 2.29. The van der Waals surface area contributed by atoms with Crippen molar-refractivity contribution < 1.29 is 0 Å². The molecule has 0 aliphatic heterocycles. The molecule has 2 aromatic rings. The van der Waals surface area contributed by atoms with Crippen molar-refractivity contribution in [2.75, 3.05) is 0 Å². The van der Waals surface area contributed by atoms with E-state index in [9.17, 15) is 0 Å². The van der Waals surface area contributed by atoms with Crippen LogP contribution in [0, 0.1) is 11.3 Å².